The van der Waals surface area contributed by atoms with Crippen LogP contribution < -0.4 is 5.32 Å². The van der Waals surface area contributed by atoms with Gasteiger partial charge in [-0.25, -0.2) is 8.42 Å². The fourth-order valence-corrected chi connectivity index (χ4v) is 4.87. The number of benzene rings is 2. The van der Waals surface area contributed by atoms with E-state index in [0.717, 1.165) is 5.56 Å². The number of carbonyl (C=O) groups excluding carboxylic acids is 1. The summed E-state index contributed by atoms with van der Waals surface area (Å²) in [6.45, 7) is 2.62. The van der Waals surface area contributed by atoms with E-state index in [-0.39, 0.29) is 22.8 Å². The van der Waals surface area contributed by atoms with Crippen LogP contribution in [-0.4, -0.2) is 31.7 Å². The maximum absolute atomic E-state index is 12.7. The van der Waals surface area contributed by atoms with Gasteiger partial charge in [0.25, 0.3) is 0 Å². The average Bonchev–Trinajstić information content (AvgIpc) is 2.69. The van der Waals surface area contributed by atoms with Gasteiger partial charge >= 0.3 is 0 Å². The first kappa shape index (κ1) is 19.9. The first-order valence-corrected chi connectivity index (χ1v) is 10.8. The van der Waals surface area contributed by atoms with Gasteiger partial charge in [-0.15, -0.1) is 0 Å². The van der Waals surface area contributed by atoms with E-state index in [4.69, 9.17) is 11.6 Å². The smallest absolute Gasteiger partial charge is 0.243 e. The minimum absolute atomic E-state index is 0.0186. The van der Waals surface area contributed by atoms with E-state index in [1.54, 1.807) is 12.1 Å². The lowest BCUT2D eigenvalue weighted by Gasteiger charge is -2.31. The monoisotopic (exact) mass is 406 g/mol. The molecule has 2 aromatic carbocycles. The first-order valence-electron chi connectivity index (χ1n) is 8.99. The lowest BCUT2D eigenvalue weighted by Crippen LogP contribution is -2.43. The predicted molar refractivity (Wildman–Crippen MR) is 106 cm³/mol. The summed E-state index contributed by atoms with van der Waals surface area (Å²) >= 11 is 5.83. The molecule has 1 amide bonds. The summed E-state index contributed by atoms with van der Waals surface area (Å²) in [5.74, 6) is -0.192. The number of amides is 1. The second-order valence-corrected chi connectivity index (χ2v) is 9.15. The summed E-state index contributed by atoms with van der Waals surface area (Å²) in [4.78, 5) is 12.8. The third-order valence-corrected chi connectivity index (χ3v) is 7.10. The van der Waals surface area contributed by atoms with Gasteiger partial charge in [-0.05, 0) is 49.6 Å². The standard InChI is InChI=1S/C20H23ClN2O3S/c1-15(16-5-3-2-4-6-16)22-20(24)17-11-13-23(14-12-17)27(25,26)19-9-7-18(21)8-10-19/h2-10,15,17H,11-14H2,1H3,(H,22,24)/t15-/m1/s1. The Kier molecular flexibility index (Phi) is 6.19. The maximum Gasteiger partial charge on any atom is 0.243 e. The van der Waals surface area contributed by atoms with E-state index in [1.807, 2.05) is 37.3 Å². The molecule has 1 aliphatic rings. The van der Waals surface area contributed by atoms with E-state index in [2.05, 4.69) is 5.32 Å². The van der Waals surface area contributed by atoms with E-state index in [1.165, 1.54) is 16.4 Å². The van der Waals surface area contributed by atoms with Crippen molar-refractivity contribution in [1.82, 2.24) is 9.62 Å². The van der Waals surface area contributed by atoms with Crippen molar-refractivity contribution < 1.29 is 13.2 Å². The molecule has 1 aliphatic heterocycles. The molecule has 27 heavy (non-hydrogen) atoms. The van der Waals surface area contributed by atoms with E-state index < -0.39 is 10.0 Å². The van der Waals surface area contributed by atoms with Crippen molar-refractivity contribution in [3.05, 3.63) is 65.2 Å². The Hall–Kier alpha value is -1.89. The Morgan fingerprint density at radius 2 is 1.67 bits per heavy atom. The van der Waals surface area contributed by atoms with Gasteiger partial charge in [-0.2, -0.15) is 4.31 Å². The van der Waals surface area contributed by atoms with Crippen LogP contribution in [0.2, 0.25) is 5.02 Å². The van der Waals surface area contributed by atoms with Crippen molar-refractivity contribution in [2.24, 2.45) is 5.92 Å². The molecule has 2 aromatic rings. The minimum atomic E-state index is -3.55. The number of carbonyl (C=O) groups is 1. The largest absolute Gasteiger partial charge is 0.349 e. The summed E-state index contributed by atoms with van der Waals surface area (Å²) in [6, 6.07) is 15.9. The summed E-state index contributed by atoms with van der Waals surface area (Å²) in [6.07, 6.45) is 1.03. The van der Waals surface area contributed by atoms with Gasteiger partial charge in [0.05, 0.1) is 10.9 Å². The summed E-state index contributed by atoms with van der Waals surface area (Å²) < 4.78 is 26.9. The fourth-order valence-electron chi connectivity index (χ4n) is 3.27. The molecule has 0 radical (unpaired) electrons. The number of nitrogens with zero attached hydrogens (tertiary/aromatic N) is 1. The third-order valence-electron chi connectivity index (χ3n) is 4.93. The maximum atomic E-state index is 12.7. The lowest BCUT2D eigenvalue weighted by molar-refractivity contribution is -0.126. The van der Waals surface area contributed by atoms with Crippen LogP contribution in [0.1, 0.15) is 31.4 Å². The molecule has 0 spiro atoms. The summed E-state index contributed by atoms with van der Waals surface area (Å²) in [5.41, 5.74) is 1.05. The molecule has 5 nitrogen and oxygen atoms in total. The number of piperidine rings is 1. The molecule has 0 saturated carbocycles. The molecule has 7 heteroatoms. The molecular formula is C20H23ClN2O3S. The zero-order valence-corrected chi connectivity index (χ0v) is 16.7. The molecule has 1 fully saturated rings. The van der Waals surface area contributed by atoms with Crippen molar-refractivity contribution in [2.45, 2.75) is 30.7 Å². The van der Waals surface area contributed by atoms with Gasteiger partial charge in [-0.1, -0.05) is 41.9 Å². The van der Waals surface area contributed by atoms with Crippen molar-refractivity contribution in [3.8, 4) is 0 Å². The molecule has 1 saturated heterocycles. The van der Waals surface area contributed by atoms with Crippen LogP contribution in [0.5, 0.6) is 0 Å². The minimum Gasteiger partial charge on any atom is -0.349 e. The van der Waals surface area contributed by atoms with Gasteiger partial charge in [0.15, 0.2) is 0 Å². The quantitative estimate of drug-likeness (QED) is 0.824. The Labute approximate surface area is 165 Å². The number of hydrogen-bond donors (Lipinski definition) is 1. The molecule has 144 valence electrons. The molecule has 0 unspecified atom stereocenters. The van der Waals surface area contributed by atoms with Crippen LogP contribution in [0.25, 0.3) is 0 Å². The third kappa shape index (κ3) is 4.69. The van der Waals surface area contributed by atoms with Crippen LogP contribution in [0.15, 0.2) is 59.5 Å². The van der Waals surface area contributed by atoms with Gasteiger partial charge in [0.1, 0.15) is 0 Å². The van der Waals surface area contributed by atoms with Crippen LogP contribution >= 0.6 is 11.6 Å². The van der Waals surface area contributed by atoms with Crippen molar-refractivity contribution >= 4 is 27.5 Å². The first-order chi connectivity index (χ1) is 12.9. The second kappa shape index (κ2) is 8.42. The predicted octanol–water partition coefficient (Wildman–Crippen LogP) is 3.62. The fraction of sp³-hybridized carbons (Fsp3) is 0.350. The molecule has 1 heterocycles. The lowest BCUT2D eigenvalue weighted by atomic mass is 9.96. The molecular weight excluding hydrogens is 384 g/mol. The highest BCUT2D eigenvalue weighted by molar-refractivity contribution is 7.89. The van der Waals surface area contributed by atoms with Gasteiger partial charge < -0.3 is 5.32 Å². The second-order valence-electron chi connectivity index (χ2n) is 6.77. The van der Waals surface area contributed by atoms with Crippen LogP contribution in [0.3, 0.4) is 0 Å². The number of hydrogen-bond acceptors (Lipinski definition) is 3. The highest BCUT2D eigenvalue weighted by Gasteiger charge is 2.32. The van der Waals surface area contributed by atoms with E-state index in [9.17, 15) is 13.2 Å². The number of sulfonamides is 1. The molecule has 0 bridgehead atoms. The number of halogens is 1. The molecule has 0 aromatic heterocycles. The van der Waals surface area contributed by atoms with Gasteiger partial charge in [0, 0.05) is 24.0 Å². The highest BCUT2D eigenvalue weighted by Crippen LogP contribution is 2.25. The normalized spacial score (nSPS) is 17.4. The molecule has 3 rings (SSSR count). The van der Waals surface area contributed by atoms with Crippen molar-refractivity contribution in [1.29, 1.82) is 0 Å². The zero-order chi connectivity index (χ0) is 19.4. The van der Waals surface area contributed by atoms with E-state index in [0.29, 0.717) is 31.0 Å². The van der Waals surface area contributed by atoms with Crippen LogP contribution in [0, 0.1) is 5.92 Å². The van der Waals surface area contributed by atoms with E-state index >= 15 is 0 Å². The average molecular weight is 407 g/mol. The zero-order valence-electron chi connectivity index (χ0n) is 15.1. The Morgan fingerprint density at radius 3 is 2.26 bits per heavy atom. The number of rotatable bonds is 5. The highest BCUT2D eigenvalue weighted by atomic mass is 35.5. The summed E-state index contributed by atoms with van der Waals surface area (Å²) in [7, 11) is -3.55. The van der Waals surface area contributed by atoms with Gasteiger partial charge in [-0.3, -0.25) is 4.79 Å². The molecule has 0 aliphatic carbocycles. The molecule has 1 atom stereocenters. The van der Waals surface area contributed by atoms with Crippen LogP contribution in [0.4, 0.5) is 0 Å². The Balaban J connectivity index is 1.58. The SMILES string of the molecule is C[C@@H](NC(=O)C1CCN(S(=O)(=O)c2ccc(Cl)cc2)CC1)c1ccccc1. The Morgan fingerprint density at radius 1 is 1.07 bits per heavy atom. The topological polar surface area (TPSA) is 66.5 Å². The van der Waals surface area contributed by atoms with Crippen molar-refractivity contribution in [3.63, 3.8) is 0 Å². The van der Waals surface area contributed by atoms with Crippen LogP contribution in [-0.2, 0) is 14.8 Å². The number of nitrogens with one attached hydrogen (secondary N) is 1. The van der Waals surface area contributed by atoms with Gasteiger partial charge in [0.2, 0.25) is 15.9 Å². The Bertz CT molecular complexity index is 877. The molecule has 1 N–H and O–H groups in total. The summed E-state index contributed by atoms with van der Waals surface area (Å²) in [5, 5.41) is 3.53. The van der Waals surface area contributed by atoms with Crippen molar-refractivity contribution in [2.75, 3.05) is 13.1 Å².